The Morgan fingerprint density at radius 3 is 2.88 bits per heavy atom. The van der Waals surface area contributed by atoms with Crippen LogP contribution in [-0.2, 0) is 11.2 Å². The van der Waals surface area contributed by atoms with Crippen LogP contribution in [0.2, 0.25) is 0 Å². The Hall–Kier alpha value is -2.86. The van der Waals surface area contributed by atoms with Crippen LogP contribution in [0.1, 0.15) is 17.7 Å². The monoisotopic (exact) mass is 324 g/mol. The molecule has 0 aliphatic heterocycles. The van der Waals surface area contributed by atoms with Crippen LogP contribution in [0, 0.1) is 0 Å². The molecule has 3 rings (SSSR count). The lowest BCUT2D eigenvalue weighted by Crippen LogP contribution is -2.16. The fraction of sp³-hybridized carbons (Fsp3) is 0.222. The van der Waals surface area contributed by atoms with Gasteiger partial charge in [0.15, 0.2) is 0 Å². The molecule has 6 heteroatoms. The lowest BCUT2D eigenvalue weighted by Gasteiger charge is -2.05. The van der Waals surface area contributed by atoms with Gasteiger partial charge in [-0.05, 0) is 18.2 Å². The molecule has 124 valence electrons. The van der Waals surface area contributed by atoms with Crippen molar-refractivity contribution in [3.63, 3.8) is 0 Å². The minimum Gasteiger partial charge on any atom is -0.496 e. The van der Waals surface area contributed by atoms with Crippen LogP contribution in [0.5, 0.6) is 5.75 Å². The number of nitrogens with zero attached hydrogens (tertiary/aromatic N) is 2. The van der Waals surface area contributed by atoms with Crippen molar-refractivity contribution in [3.05, 3.63) is 60.0 Å². The average molecular weight is 324 g/mol. The predicted molar refractivity (Wildman–Crippen MR) is 93.3 cm³/mol. The van der Waals surface area contributed by atoms with Crippen LogP contribution in [0.25, 0.3) is 5.65 Å². The van der Waals surface area contributed by atoms with E-state index in [-0.39, 0.29) is 5.91 Å². The third-order valence-corrected chi connectivity index (χ3v) is 3.72. The number of imidazole rings is 1. The fourth-order valence-electron chi connectivity index (χ4n) is 2.60. The van der Waals surface area contributed by atoms with Crippen LogP contribution in [0.15, 0.2) is 48.8 Å². The highest BCUT2D eigenvalue weighted by Crippen LogP contribution is 2.21. The Labute approximate surface area is 140 Å². The molecule has 3 aromatic rings. The average Bonchev–Trinajstić information content (AvgIpc) is 2.97. The molecule has 1 aromatic carbocycles. The quantitative estimate of drug-likeness (QED) is 0.728. The zero-order chi connectivity index (χ0) is 16.9. The van der Waals surface area contributed by atoms with Crippen LogP contribution in [-0.4, -0.2) is 28.9 Å². The number of benzene rings is 1. The van der Waals surface area contributed by atoms with Crippen molar-refractivity contribution >= 4 is 17.2 Å². The lowest BCUT2D eigenvalue weighted by molar-refractivity contribution is -0.116. The molecule has 0 aliphatic carbocycles. The van der Waals surface area contributed by atoms with Gasteiger partial charge >= 0.3 is 0 Å². The molecule has 2 aromatic heterocycles. The molecule has 0 spiro atoms. The van der Waals surface area contributed by atoms with Crippen molar-refractivity contribution in [2.24, 2.45) is 5.73 Å². The summed E-state index contributed by atoms with van der Waals surface area (Å²) in [5.74, 6) is 0.760. The fourth-order valence-corrected chi connectivity index (χ4v) is 2.60. The van der Waals surface area contributed by atoms with E-state index in [1.807, 2.05) is 53.2 Å². The van der Waals surface area contributed by atoms with E-state index in [9.17, 15) is 4.79 Å². The molecule has 0 radical (unpaired) electrons. The first-order valence-corrected chi connectivity index (χ1v) is 7.79. The van der Waals surface area contributed by atoms with Crippen LogP contribution >= 0.6 is 0 Å². The summed E-state index contributed by atoms with van der Waals surface area (Å²) in [4.78, 5) is 16.3. The number of carbonyl (C=O) groups is 1. The van der Waals surface area contributed by atoms with Gasteiger partial charge in [-0.15, -0.1) is 0 Å². The topological polar surface area (TPSA) is 81.7 Å². The Bertz CT molecular complexity index is 857. The smallest absolute Gasteiger partial charge is 0.225 e. The second-order valence-electron chi connectivity index (χ2n) is 5.49. The molecule has 0 saturated carbocycles. The third kappa shape index (κ3) is 3.55. The molecule has 0 atom stereocenters. The molecule has 3 N–H and O–H groups in total. The summed E-state index contributed by atoms with van der Waals surface area (Å²) in [5, 5.41) is 2.82. The van der Waals surface area contributed by atoms with Gasteiger partial charge in [-0.25, -0.2) is 4.98 Å². The molecule has 1 amide bonds. The number of pyridine rings is 1. The molecule has 0 bridgehead atoms. The van der Waals surface area contributed by atoms with E-state index in [1.165, 1.54) is 0 Å². The molecule has 0 aliphatic rings. The number of aromatic nitrogens is 2. The van der Waals surface area contributed by atoms with Gasteiger partial charge in [-0.3, -0.25) is 4.79 Å². The third-order valence-electron chi connectivity index (χ3n) is 3.72. The first-order chi connectivity index (χ1) is 11.7. The first-order valence-electron chi connectivity index (χ1n) is 7.79. The van der Waals surface area contributed by atoms with E-state index in [4.69, 9.17) is 10.5 Å². The molecular weight excluding hydrogens is 304 g/mol. The summed E-state index contributed by atoms with van der Waals surface area (Å²) in [7, 11) is 1.67. The van der Waals surface area contributed by atoms with Crippen molar-refractivity contribution < 1.29 is 9.53 Å². The molecule has 6 nitrogen and oxygen atoms in total. The summed E-state index contributed by atoms with van der Waals surface area (Å²) < 4.78 is 7.29. The van der Waals surface area contributed by atoms with Gasteiger partial charge in [0.1, 0.15) is 11.4 Å². The van der Waals surface area contributed by atoms with Crippen molar-refractivity contribution in [3.8, 4) is 5.75 Å². The number of carbonyl (C=O) groups excluding carboxylic acids is 1. The summed E-state index contributed by atoms with van der Waals surface area (Å²) in [6, 6.07) is 11.6. The molecule has 0 unspecified atom stereocenters. The largest absolute Gasteiger partial charge is 0.496 e. The summed E-state index contributed by atoms with van der Waals surface area (Å²) in [5.41, 5.74) is 8.96. The van der Waals surface area contributed by atoms with Gasteiger partial charge in [0.25, 0.3) is 0 Å². The molecule has 2 heterocycles. The summed E-state index contributed by atoms with van der Waals surface area (Å²) in [6.45, 7) is 0.336. The van der Waals surface area contributed by atoms with E-state index in [0.29, 0.717) is 19.4 Å². The minimum absolute atomic E-state index is 0.0915. The van der Waals surface area contributed by atoms with Gasteiger partial charge in [0.05, 0.1) is 18.5 Å². The van der Waals surface area contributed by atoms with E-state index in [2.05, 4.69) is 10.3 Å². The van der Waals surface area contributed by atoms with Crippen molar-refractivity contribution in [2.45, 2.75) is 12.8 Å². The Morgan fingerprint density at radius 2 is 2.08 bits per heavy atom. The van der Waals surface area contributed by atoms with Gasteiger partial charge < -0.3 is 20.2 Å². The van der Waals surface area contributed by atoms with Gasteiger partial charge in [0, 0.05) is 37.3 Å². The predicted octanol–water partition coefficient (Wildman–Crippen LogP) is 2.22. The van der Waals surface area contributed by atoms with E-state index in [0.717, 1.165) is 28.3 Å². The number of para-hydroxylation sites is 1. The minimum atomic E-state index is -0.0915. The molecule has 0 saturated heterocycles. The number of nitrogens with two attached hydrogens (primary N) is 1. The van der Waals surface area contributed by atoms with Gasteiger partial charge in [-0.1, -0.05) is 18.2 Å². The first kappa shape index (κ1) is 16.0. The highest BCUT2D eigenvalue weighted by atomic mass is 16.5. The molecule has 0 fully saturated rings. The summed E-state index contributed by atoms with van der Waals surface area (Å²) >= 11 is 0. The van der Waals surface area contributed by atoms with Crippen LogP contribution in [0.3, 0.4) is 0 Å². The lowest BCUT2D eigenvalue weighted by atomic mass is 10.1. The SMILES string of the molecule is COc1ccccc1Cc1cn2cc(NC(=O)CCN)ccc2n1. The number of hydrogen-bond acceptors (Lipinski definition) is 4. The molecular formula is C18H20N4O2. The Kier molecular flexibility index (Phi) is 4.77. The second-order valence-corrected chi connectivity index (χ2v) is 5.49. The Balaban J connectivity index is 1.82. The number of amides is 1. The zero-order valence-electron chi connectivity index (χ0n) is 13.5. The van der Waals surface area contributed by atoms with Crippen molar-refractivity contribution in [1.29, 1.82) is 0 Å². The van der Waals surface area contributed by atoms with Crippen molar-refractivity contribution in [1.82, 2.24) is 9.38 Å². The van der Waals surface area contributed by atoms with E-state index >= 15 is 0 Å². The highest BCUT2D eigenvalue weighted by molar-refractivity contribution is 5.90. The van der Waals surface area contributed by atoms with Gasteiger partial charge in [-0.2, -0.15) is 0 Å². The highest BCUT2D eigenvalue weighted by Gasteiger charge is 2.08. The van der Waals surface area contributed by atoms with E-state index in [1.54, 1.807) is 7.11 Å². The van der Waals surface area contributed by atoms with Crippen LogP contribution < -0.4 is 15.8 Å². The van der Waals surface area contributed by atoms with Crippen LogP contribution in [0.4, 0.5) is 5.69 Å². The number of ether oxygens (including phenoxy) is 1. The number of fused-ring (bicyclic) bond motifs is 1. The molecule has 24 heavy (non-hydrogen) atoms. The number of hydrogen-bond donors (Lipinski definition) is 2. The van der Waals surface area contributed by atoms with Gasteiger partial charge in [0.2, 0.25) is 5.91 Å². The summed E-state index contributed by atoms with van der Waals surface area (Å²) in [6.07, 6.45) is 4.80. The normalized spacial score (nSPS) is 10.8. The number of nitrogens with one attached hydrogen (secondary N) is 1. The maximum absolute atomic E-state index is 11.6. The van der Waals surface area contributed by atoms with E-state index < -0.39 is 0 Å². The maximum Gasteiger partial charge on any atom is 0.225 e. The maximum atomic E-state index is 11.6. The second kappa shape index (κ2) is 7.14. The number of rotatable bonds is 6. The van der Waals surface area contributed by atoms with Crippen molar-refractivity contribution in [2.75, 3.05) is 19.0 Å². The standard InChI is InChI=1S/C18H20N4O2/c1-24-16-5-3-2-4-13(16)10-15-12-22-11-14(6-7-17(22)20-15)21-18(23)8-9-19/h2-7,11-12H,8-10,19H2,1H3,(H,21,23). The Morgan fingerprint density at radius 1 is 1.25 bits per heavy atom. The number of methoxy groups -OCH3 is 1. The number of anilines is 1. The zero-order valence-corrected chi connectivity index (χ0v) is 13.5.